The Hall–Kier alpha value is -0.670. The SMILES string of the molecule is CC1(C)O[C@@H]2[C@@H](CO[C@@]3(C(OS(=O)(=O)NS(=O)(=O)C(F)(F)F)N4CCOCC4)OC(C)(C)O[C@@H]23)O1. The Morgan fingerprint density at radius 2 is 1.63 bits per heavy atom. The number of nitrogens with one attached hydrogen (secondary N) is 1. The summed E-state index contributed by atoms with van der Waals surface area (Å²) in [6.07, 6.45) is -4.42. The summed E-state index contributed by atoms with van der Waals surface area (Å²) in [6, 6.07) is 0. The zero-order valence-corrected chi connectivity index (χ0v) is 20.9. The molecule has 1 unspecified atom stereocenters. The predicted octanol–water partition coefficient (Wildman–Crippen LogP) is -0.257. The van der Waals surface area contributed by atoms with E-state index < -0.39 is 67.7 Å². The molecule has 0 bridgehead atoms. The third kappa shape index (κ3) is 5.33. The van der Waals surface area contributed by atoms with Crippen LogP contribution in [0.3, 0.4) is 0 Å². The van der Waals surface area contributed by atoms with Gasteiger partial charge in [0, 0.05) is 13.1 Å². The van der Waals surface area contributed by atoms with Gasteiger partial charge in [-0.25, -0.2) is 12.6 Å². The fourth-order valence-corrected chi connectivity index (χ4v) is 6.61. The summed E-state index contributed by atoms with van der Waals surface area (Å²) in [6.45, 7) is 6.54. The van der Waals surface area contributed by atoms with E-state index in [1.807, 2.05) is 0 Å². The maximum atomic E-state index is 12.8. The van der Waals surface area contributed by atoms with Crippen molar-refractivity contribution in [1.29, 1.82) is 0 Å². The largest absolute Gasteiger partial charge is 0.512 e. The fraction of sp³-hybridized carbons (Fsp3) is 1.00. The maximum Gasteiger partial charge on any atom is 0.512 e. The van der Waals surface area contributed by atoms with E-state index in [-0.39, 0.29) is 32.9 Å². The van der Waals surface area contributed by atoms with Crippen molar-refractivity contribution < 1.29 is 62.6 Å². The summed E-state index contributed by atoms with van der Waals surface area (Å²) in [5, 5.41) is 0. The summed E-state index contributed by atoms with van der Waals surface area (Å²) < 4.78 is 127. The van der Waals surface area contributed by atoms with Crippen LogP contribution in [0, 0.1) is 0 Å². The number of ether oxygens (including phenoxy) is 6. The Bertz CT molecular complexity index is 1030. The molecule has 4 fully saturated rings. The zero-order chi connectivity index (χ0) is 26.1. The molecule has 0 amide bonds. The minimum atomic E-state index is -6.30. The van der Waals surface area contributed by atoms with Crippen LogP contribution in [-0.4, -0.2) is 102 Å². The lowest BCUT2D eigenvalue weighted by molar-refractivity contribution is -0.337. The Balaban J connectivity index is 1.73. The van der Waals surface area contributed by atoms with Gasteiger partial charge in [0.25, 0.3) is 0 Å². The van der Waals surface area contributed by atoms with Crippen LogP contribution in [0.5, 0.6) is 0 Å². The third-order valence-corrected chi connectivity index (χ3v) is 8.40. The molecule has 4 aliphatic heterocycles. The first-order valence-electron chi connectivity index (χ1n) is 10.6. The summed E-state index contributed by atoms with van der Waals surface area (Å²) >= 11 is 0. The van der Waals surface area contributed by atoms with Crippen LogP contribution in [0.1, 0.15) is 27.7 Å². The number of fused-ring (bicyclic) bond motifs is 3. The van der Waals surface area contributed by atoms with Crippen LogP contribution in [0.4, 0.5) is 13.2 Å². The first-order chi connectivity index (χ1) is 15.9. The van der Waals surface area contributed by atoms with E-state index in [9.17, 15) is 30.0 Å². The number of morpholine rings is 1. The highest BCUT2D eigenvalue weighted by Gasteiger charge is 2.70. The standard InChI is InChI=1S/C17H27F3N2O11S2/c1-14(2)29-10-9-28-16(12(11(10)30-14)31-15(3,4)33-16)13(22-5-7-27-8-6-22)32-35(25,26)21-34(23,24)17(18,19)20/h10-13,21H,5-9H2,1-4H3/t10-,11-,12+,13?,16-/m1/s1. The summed E-state index contributed by atoms with van der Waals surface area (Å²) in [5.74, 6) is -4.48. The smallest absolute Gasteiger partial charge is 0.379 e. The molecule has 5 atom stereocenters. The normalized spacial score (nSPS) is 36.5. The number of hydrogen-bond donors (Lipinski definition) is 1. The molecule has 4 rings (SSSR count). The quantitative estimate of drug-likeness (QED) is 0.460. The van der Waals surface area contributed by atoms with E-state index in [0.29, 0.717) is 4.13 Å². The molecule has 0 aliphatic carbocycles. The molecule has 18 heteroatoms. The molecule has 0 aromatic carbocycles. The molecule has 13 nitrogen and oxygen atoms in total. The Labute approximate surface area is 200 Å². The average molecular weight is 557 g/mol. The number of halogens is 3. The summed E-state index contributed by atoms with van der Waals surface area (Å²) in [7, 11) is -11.9. The number of sulfonamides is 1. The van der Waals surface area contributed by atoms with Crippen LogP contribution < -0.4 is 4.13 Å². The topological polar surface area (TPSA) is 148 Å². The van der Waals surface area contributed by atoms with Gasteiger partial charge in [0.1, 0.15) is 18.3 Å². The molecule has 4 heterocycles. The van der Waals surface area contributed by atoms with Gasteiger partial charge in [-0.3, -0.25) is 4.90 Å². The Kier molecular flexibility index (Phi) is 6.79. The average Bonchev–Trinajstić information content (AvgIpc) is 3.16. The van der Waals surface area contributed by atoms with Crippen LogP contribution in [-0.2, 0) is 52.9 Å². The minimum absolute atomic E-state index is 0.0603. The molecule has 35 heavy (non-hydrogen) atoms. The van der Waals surface area contributed by atoms with Gasteiger partial charge in [0.05, 0.1) is 19.8 Å². The van der Waals surface area contributed by atoms with E-state index in [4.69, 9.17) is 32.6 Å². The Morgan fingerprint density at radius 1 is 1.00 bits per heavy atom. The second-order valence-electron chi connectivity index (χ2n) is 9.29. The molecule has 204 valence electrons. The van der Waals surface area contributed by atoms with E-state index in [0.717, 1.165) is 0 Å². The van der Waals surface area contributed by atoms with E-state index in [1.54, 1.807) is 13.8 Å². The number of nitrogens with zero attached hydrogens (tertiary/aromatic N) is 1. The van der Waals surface area contributed by atoms with Crippen molar-refractivity contribution in [2.24, 2.45) is 0 Å². The van der Waals surface area contributed by atoms with Crippen molar-refractivity contribution in [1.82, 2.24) is 9.03 Å². The third-order valence-electron chi connectivity index (χ3n) is 5.66. The lowest BCUT2D eigenvalue weighted by Gasteiger charge is -2.48. The predicted molar refractivity (Wildman–Crippen MR) is 107 cm³/mol. The highest BCUT2D eigenvalue weighted by atomic mass is 32.3. The second kappa shape index (κ2) is 8.69. The number of alkyl halides is 3. The highest BCUT2D eigenvalue weighted by molar-refractivity contribution is 8.03. The van der Waals surface area contributed by atoms with Gasteiger partial charge in [0.15, 0.2) is 17.8 Å². The second-order valence-corrected chi connectivity index (χ2v) is 12.5. The van der Waals surface area contributed by atoms with Gasteiger partial charge < -0.3 is 28.4 Å². The molecule has 4 aliphatic rings. The van der Waals surface area contributed by atoms with Gasteiger partial charge in [-0.15, -0.1) is 0 Å². The first kappa shape index (κ1) is 27.4. The molecule has 4 saturated heterocycles. The summed E-state index contributed by atoms with van der Waals surface area (Å²) in [5.41, 5.74) is -5.90. The highest BCUT2D eigenvalue weighted by Crippen LogP contribution is 2.50. The molecule has 0 spiro atoms. The molecule has 1 N–H and O–H groups in total. The molecule has 0 radical (unpaired) electrons. The lowest BCUT2D eigenvalue weighted by Crippen LogP contribution is -2.69. The van der Waals surface area contributed by atoms with Crippen molar-refractivity contribution >= 4 is 20.3 Å². The van der Waals surface area contributed by atoms with Gasteiger partial charge >= 0.3 is 25.8 Å². The van der Waals surface area contributed by atoms with Crippen LogP contribution in [0.15, 0.2) is 0 Å². The lowest BCUT2D eigenvalue weighted by atomic mass is 9.95. The van der Waals surface area contributed by atoms with Crippen molar-refractivity contribution in [2.45, 2.75) is 75.1 Å². The molecule has 0 aromatic rings. The van der Waals surface area contributed by atoms with Crippen molar-refractivity contribution in [3.05, 3.63) is 0 Å². The molecular formula is C17H27F3N2O11S2. The number of hydrogen-bond acceptors (Lipinski definition) is 12. The van der Waals surface area contributed by atoms with Crippen LogP contribution >= 0.6 is 0 Å². The molecule has 0 saturated carbocycles. The fourth-order valence-electron chi connectivity index (χ4n) is 4.50. The zero-order valence-electron chi connectivity index (χ0n) is 19.2. The van der Waals surface area contributed by atoms with Crippen LogP contribution in [0.2, 0.25) is 0 Å². The van der Waals surface area contributed by atoms with Crippen molar-refractivity contribution in [2.75, 3.05) is 32.9 Å². The summed E-state index contributed by atoms with van der Waals surface area (Å²) in [4.78, 5) is 1.39. The minimum Gasteiger partial charge on any atom is -0.379 e. The van der Waals surface area contributed by atoms with E-state index >= 15 is 0 Å². The van der Waals surface area contributed by atoms with E-state index in [1.165, 1.54) is 18.7 Å². The molecule has 0 aromatic heterocycles. The molecular weight excluding hydrogens is 529 g/mol. The monoisotopic (exact) mass is 556 g/mol. The van der Waals surface area contributed by atoms with E-state index in [2.05, 4.69) is 0 Å². The maximum absolute atomic E-state index is 12.8. The van der Waals surface area contributed by atoms with Gasteiger partial charge in [-0.1, -0.05) is 4.13 Å². The van der Waals surface area contributed by atoms with Crippen molar-refractivity contribution in [3.63, 3.8) is 0 Å². The first-order valence-corrected chi connectivity index (χ1v) is 13.5. The van der Waals surface area contributed by atoms with Gasteiger partial charge in [-0.2, -0.15) is 21.6 Å². The van der Waals surface area contributed by atoms with Crippen molar-refractivity contribution in [3.8, 4) is 0 Å². The van der Waals surface area contributed by atoms with Gasteiger partial charge in [0.2, 0.25) is 5.79 Å². The Morgan fingerprint density at radius 3 is 2.23 bits per heavy atom. The van der Waals surface area contributed by atoms with Crippen LogP contribution in [0.25, 0.3) is 0 Å². The van der Waals surface area contributed by atoms with Gasteiger partial charge in [-0.05, 0) is 27.7 Å². The number of rotatable bonds is 6.